The lowest BCUT2D eigenvalue weighted by Gasteiger charge is -2.07. The van der Waals surface area contributed by atoms with E-state index in [-0.39, 0.29) is 24.7 Å². The van der Waals surface area contributed by atoms with E-state index in [1.54, 1.807) is 6.07 Å². The summed E-state index contributed by atoms with van der Waals surface area (Å²) in [5.74, 6) is -0.357. The highest BCUT2D eigenvalue weighted by molar-refractivity contribution is 6.35. The van der Waals surface area contributed by atoms with Crippen molar-refractivity contribution in [2.75, 3.05) is 13.1 Å². The highest BCUT2D eigenvalue weighted by Crippen LogP contribution is 2.22. The van der Waals surface area contributed by atoms with Gasteiger partial charge in [0, 0.05) is 18.5 Å². The van der Waals surface area contributed by atoms with Crippen LogP contribution >= 0.6 is 11.6 Å². The van der Waals surface area contributed by atoms with Gasteiger partial charge in [0.2, 0.25) is 0 Å². The number of rotatable bonds is 4. The van der Waals surface area contributed by atoms with Crippen LogP contribution in [0.3, 0.4) is 0 Å². The number of aromatic nitrogens is 1. The highest BCUT2D eigenvalue weighted by atomic mass is 35.5. The number of fused-ring (bicyclic) bond motifs is 1. The van der Waals surface area contributed by atoms with Gasteiger partial charge in [0.1, 0.15) is 5.69 Å². The smallest absolute Gasteiger partial charge is 0.312 e. The Balaban J connectivity index is 2.08. The number of hydrogen-bond donors (Lipinski definition) is 3. The van der Waals surface area contributed by atoms with Gasteiger partial charge in [-0.25, -0.2) is 9.78 Å². The van der Waals surface area contributed by atoms with Crippen LogP contribution in [0.4, 0.5) is 4.79 Å². The maximum Gasteiger partial charge on any atom is 0.312 e. The molecule has 6 nitrogen and oxygen atoms in total. The largest absolute Gasteiger partial charge is 0.352 e. The SMILES string of the molecule is NC(=O)NCCNC(=O)c1cc(Cl)c2ccccc2n1. The van der Waals surface area contributed by atoms with Gasteiger partial charge in [0.05, 0.1) is 10.5 Å². The maximum absolute atomic E-state index is 11.9. The zero-order valence-corrected chi connectivity index (χ0v) is 11.3. The summed E-state index contributed by atoms with van der Waals surface area (Å²) in [5, 5.41) is 6.25. The molecule has 3 amide bonds. The molecule has 2 aromatic rings. The number of hydrogen-bond acceptors (Lipinski definition) is 3. The molecule has 0 atom stereocenters. The molecule has 0 fully saturated rings. The summed E-state index contributed by atoms with van der Waals surface area (Å²) in [6, 6.07) is 8.18. The third kappa shape index (κ3) is 3.36. The van der Waals surface area contributed by atoms with E-state index in [9.17, 15) is 9.59 Å². The minimum absolute atomic E-state index is 0.229. The van der Waals surface area contributed by atoms with E-state index in [4.69, 9.17) is 17.3 Å². The van der Waals surface area contributed by atoms with Gasteiger partial charge in [-0.05, 0) is 12.1 Å². The van der Waals surface area contributed by atoms with Crippen LogP contribution in [0.1, 0.15) is 10.5 Å². The normalized spacial score (nSPS) is 10.2. The highest BCUT2D eigenvalue weighted by Gasteiger charge is 2.10. The van der Waals surface area contributed by atoms with Crippen LogP contribution in [-0.4, -0.2) is 30.0 Å². The number of primary amides is 1. The van der Waals surface area contributed by atoms with Crippen molar-refractivity contribution in [3.63, 3.8) is 0 Å². The van der Waals surface area contributed by atoms with Crippen molar-refractivity contribution in [3.05, 3.63) is 41.0 Å². The summed E-state index contributed by atoms with van der Waals surface area (Å²) in [6.45, 7) is 0.510. The number of carbonyl (C=O) groups excluding carboxylic acids is 2. The molecule has 0 saturated carbocycles. The van der Waals surface area contributed by atoms with Crippen LogP contribution in [0.15, 0.2) is 30.3 Å². The quantitative estimate of drug-likeness (QED) is 0.741. The fourth-order valence-electron chi connectivity index (χ4n) is 1.70. The summed E-state index contributed by atoms with van der Waals surface area (Å²) in [5.41, 5.74) is 5.79. The van der Waals surface area contributed by atoms with E-state index in [1.165, 1.54) is 6.07 Å². The van der Waals surface area contributed by atoms with Crippen molar-refractivity contribution >= 4 is 34.4 Å². The minimum atomic E-state index is -0.633. The van der Waals surface area contributed by atoms with Gasteiger partial charge in [0.25, 0.3) is 5.91 Å². The Morgan fingerprint density at radius 2 is 1.90 bits per heavy atom. The number of pyridine rings is 1. The molecule has 2 rings (SSSR count). The topological polar surface area (TPSA) is 97.1 Å². The Bertz CT molecular complexity index is 660. The number of para-hydroxylation sites is 1. The van der Waals surface area contributed by atoms with Crippen LogP contribution in [0.2, 0.25) is 5.02 Å². The molecular weight excluding hydrogens is 280 g/mol. The molecule has 7 heteroatoms. The second-order valence-electron chi connectivity index (χ2n) is 4.05. The van der Waals surface area contributed by atoms with Crippen molar-refractivity contribution in [2.24, 2.45) is 5.73 Å². The zero-order chi connectivity index (χ0) is 14.5. The van der Waals surface area contributed by atoms with Crippen LogP contribution in [0, 0.1) is 0 Å². The van der Waals surface area contributed by atoms with Crippen LogP contribution in [0.5, 0.6) is 0 Å². The Kier molecular flexibility index (Phi) is 4.37. The molecule has 0 spiro atoms. The molecule has 1 aromatic carbocycles. The van der Waals surface area contributed by atoms with Crippen LogP contribution < -0.4 is 16.4 Å². The first-order chi connectivity index (χ1) is 9.58. The van der Waals surface area contributed by atoms with Gasteiger partial charge >= 0.3 is 6.03 Å². The predicted octanol–water partition coefficient (Wildman–Crippen LogP) is 1.29. The minimum Gasteiger partial charge on any atom is -0.352 e. The molecule has 20 heavy (non-hydrogen) atoms. The van der Waals surface area contributed by atoms with Crippen molar-refractivity contribution in [1.82, 2.24) is 15.6 Å². The molecular formula is C13H13ClN4O2. The number of carbonyl (C=O) groups is 2. The Labute approximate surface area is 120 Å². The molecule has 4 N–H and O–H groups in total. The number of urea groups is 1. The number of amides is 3. The summed E-state index contributed by atoms with van der Waals surface area (Å²) in [6.07, 6.45) is 0. The van der Waals surface area contributed by atoms with E-state index in [0.29, 0.717) is 10.5 Å². The molecule has 0 aliphatic rings. The number of nitrogens with one attached hydrogen (secondary N) is 2. The maximum atomic E-state index is 11.9. The molecule has 104 valence electrons. The Morgan fingerprint density at radius 1 is 1.20 bits per heavy atom. The van der Waals surface area contributed by atoms with Crippen molar-refractivity contribution in [2.45, 2.75) is 0 Å². The summed E-state index contributed by atoms with van der Waals surface area (Å²) >= 11 is 6.12. The van der Waals surface area contributed by atoms with Gasteiger partial charge in [-0.2, -0.15) is 0 Å². The van der Waals surface area contributed by atoms with Gasteiger partial charge in [0.15, 0.2) is 0 Å². The number of halogens is 1. The fraction of sp³-hybridized carbons (Fsp3) is 0.154. The number of nitrogens with two attached hydrogens (primary N) is 1. The average Bonchev–Trinajstić information content (AvgIpc) is 2.43. The summed E-state index contributed by atoms with van der Waals surface area (Å²) in [7, 11) is 0. The molecule has 0 aliphatic carbocycles. The molecule has 0 aliphatic heterocycles. The molecule has 0 saturated heterocycles. The third-order valence-corrected chi connectivity index (χ3v) is 2.92. The molecule has 1 aromatic heterocycles. The van der Waals surface area contributed by atoms with E-state index >= 15 is 0 Å². The average molecular weight is 293 g/mol. The zero-order valence-electron chi connectivity index (χ0n) is 10.5. The second kappa shape index (κ2) is 6.21. The van der Waals surface area contributed by atoms with Crippen molar-refractivity contribution < 1.29 is 9.59 Å². The van der Waals surface area contributed by atoms with Crippen LogP contribution in [-0.2, 0) is 0 Å². The Hall–Kier alpha value is -2.34. The molecule has 1 heterocycles. The van der Waals surface area contributed by atoms with E-state index in [1.807, 2.05) is 18.2 Å². The molecule has 0 unspecified atom stereocenters. The lowest BCUT2D eigenvalue weighted by Crippen LogP contribution is -2.37. The van der Waals surface area contributed by atoms with Gasteiger partial charge in [-0.15, -0.1) is 0 Å². The fourth-order valence-corrected chi connectivity index (χ4v) is 1.96. The van der Waals surface area contributed by atoms with Crippen molar-refractivity contribution in [3.8, 4) is 0 Å². The first-order valence-electron chi connectivity index (χ1n) is 5.94. The first-order valence-corrected chi connectivity index (χ1v) is 6.32. The second-order valence-corrected chi connectivity index (χ2v) is 4.46. The van der Waals surface area contributed by atoms with E-state index < -0.39 is 6.03 Å². The summed E-state index contributed by atoms with van der Waals surface area (Å²) in [4.78, 5) is 26.6. The predicted molar refractivity (Wildman–Crippen MR) is 76.7 cm³/mol. The molecule has 0 radical (unpaired) electrons. The monoisotopic (exact) mass is 292 g/mol. The van der Waals surface area contributed by atoms with Crippen molar-refractivity contribution in [1.29, 1.82) is 0 Å². The lowest BCUT2D eigenvalue weighted by atomic mass is 10.2. The van der Waals surface area contributed by atoms with E-state index in [0.717, 1.165) is 5.39 Å². The number of benzene rings is 1. The van der Waals surface area contributed by atoms with Gasteiger partial charge in [-0.1, -0.05) is 29.8 Å². The number of nitrogens with zero attached hydrogens (tertiary/aromatic N) is 1. The Morgan fingerprint density at radius 3 is 2.65 bits per heavy atom. The lowest BCUT2D eigenvalue weighted by molar-refractivity contribution is 0.0949. The standard InChI is InChI=1S/C13H13ClN4O2/c14-9-7-11(12(19)16-5-6-17-13(15)20)18-10-4-2-1-3-8(9)10/h1-4,7H,5-6H2,(H,16,19)(H3,15,17,20). The van der Waals surface area contributed by atoms with Gasteiger partial charge in [-0.3, -0.25) is 4.79 Å². The first kappa shape index (κ1) is 14.1. The third-order valence-electron chi connectivity index (χ3n) is 2.61. The van der Waals surface area contributed by atoms with Crippen LogP contribution in [0.25, 0.3) is 10.9 Å². The molecule has 0 bridgehead atoms. The van der Waals surface area contributed by atoms with E-state index in [2.05, 4.69) is 15.6 Å². The van der Waals surface area contributed by atoms with Gasteiger partial charge < -0.3 is 16.4 Å². The summed E-state index contributed by atoms with van der Waals surface area (Å²) < 4.78 is 0.